The summed E-state index contributed by atoms with van der Waals surface area (Å²) in [6, 6.07) is 9.37. The lowest BCUT2D eigenvalue weighted by Crippen LogP contribution is -2.15. The van der Waals surface area contributed by atoms with E-state index < -0.39 is 5.91 Å². The molecule has 0 aliphatic rings. The fraction of sp³-hybridized carbons (Fsp3) is 0. The number of benzene rings is 1. The third-order valence-electron chi connectivity index (χ3n) is 2.73. The van der Waals surface area contributed by atoms with Crippen LogP contribution < -0.4 is 11.5 Å². The summed E-state index contributed by atoms with van der Waals surface area (Å²) in [4.78, 5) is 19.1. The first kappa shape index (κ1) is 11.2. The summed E-state index contributed by atoms with van der Waals surface area (Å²) in [6.45, 7) is 0. The van der Waals surface area contributed by atoms with Crippen LogP contribution in [0.4, 0.5) is 5.82 Å². The van der Waals surface area contributed by atoms with Crippen molar-refractivity contribution in [2.75, 3.05) is 5.73 Å². The second-order valence-electron chi connectivity index (χ2n) is 4.01. The van der Waals surface area contributed by atoms with Crippen molar-refractivity contribution >= 4 is 22.7 Å². The summed E-state index contributed by atoms with van der Waals surface area (Å²) in [5.41, 5.74) is 11.6. The zero-order valence-electron chi connectivity index (χ0n) is 9.83. The normalized spacial score (nSPS) is 10.7. The predicted octanol–water partition coefficient (Wildman–Crippen LogP) is 1.57. The standard InChI is InChI=1S/C13H10N4O2/c14-11-8(12(15)18)6-16-13(17-11)10-5-7-3-1-2-4-9(7)19-10/h1-6H,(H2,15,18)(H2,14,16,17). The summed E-state index contributed by atoms with van der Waals surface area (Å²) < 4.78 is 5.61. The minimum Gasteiger partial charge on any atom is -0.453 e. The summed E-state index contributed by atoms with van der Waals surface area (Å²) in [7, 11) is 0. The van der Waals surface area contributed by atoms with Gasteiger partial charge < -0.3 is 15.9 Å². The van der Waals surface area contributed by atoms with Crippen LogP contribution in [0.1, 0.15) is 10.4 Å². The highest BCUT2D eigenvalue weighted by atomic mass is 16.3. The smallest absolute Gasteiger partial charge is 0.254 e. The number of hydrogen-bond acceptors (Lipinski definition) is 5. The van der Waals surface area contributed by atoms with E-state index in [1.54, 1.807) is 0 Å². The van der Waals surface area contributed by atoms with Crippen molar-refractivity contribution in [3.05, 3.63) is 42.1 Å². The molecule has 0 aliphatic heterocycles. The molecule has 0 atom stereocenters. The molecule has 0 aliphatic carbocycles. The van der Waals surface area contributed by atoms with Gasteiger partial charge in [0.1, 0.15) is 11.4 Å². The molecule has 94 valence electrons. The molecule has 0 bridgehead atoms. The van der Waals surface area contributed by atoms with Crippen LogP contribution in [0.25, 0.3) is 22.6 Å². The number of aromatic nitrogens is 2. The number of para-hydroxylation sites is 1. The number of hydrogen-bond donors (Lipinski definition) is 2. The van der Waals surface area contributed by atoms with Crippen molar-refractivity contribution < 1.29 is 9.21 Å². The third-order valence-corrected chi connectivity index (χ3v) is 2.73. The second-order valence-corrected chi connectivity index (χ2v) is 4.01. The highest BCUT2D eigenvalue weighted by molar-refractivity contribution is 5.97. The lowest BCUT2D eigenvalue weighted by molar-refractivity contribution is 0.100. The topological polar surface area (TPSA) is 108 Å². The van der Waals surface area contributed by atoms with Gasteiger partial charge >= 0.3 is 0 Å². The molecule has 19 heavy (non-hydrogen) atoms. The van der Waals surface area contributed by atoms with Gasteiger partial charge in [-0.05, 0) is 12.1 Å². The van der Waals surface area contributed by atoms with Crippen LogP contribution in [0.5, 0.6) is 0 Å². The van der Waals surface area contributed by atoms with E-state index in [0.29, 0.717) is 11.6 Å². The molecule has 3 rings (SSSR count). The van der Waals surface area contributed by atoms with Gasteiger partial charge in [0.05, 0.1) is 5.56 Å². The quantitative estimate of drug-likeness (QED) is 0.721. The second kappa shape index (κ2) is 4.09. The molecule has 0 spiro atoms. The van der Waals surface area contributed by atoms with E-state index >= 15 is 0 Å². The molecule has 0 saturated carbocycles. The van der Waals surface area contributed by atoms with Gasteiger partial charge in [-0.1, -0.05) is 18.2 Å². The molecule has 1 amide bonds. The van der Waals surface area contributed by atoms with Crippen molar-refractivity contribution in [3.63, 3.8) is 0 Å². The van der Waals surface area contributed by atoms with E-state index in [0.717, 1.165) is 11.0 Å². The van der Waals surface area contributed by atoms with Crippen molar-refractivity contribution in [3.8, 4) is 11.6 Å². The average molecular weight is 254 g/mol. The zero-order chi connectivity index (χ0) is 13.4. The predicted molar refractivity (Wildman–Crippen MR) is 70.2 cm³/mol. The maximum atomic E-state index is 11.0. The Morgan fingerprint density at radius 3 is 2.74 bits per heavy atom. The van der Waals surface area contributed by atoms with Crippen LogP contribution >= 0.6 is 0 Å². The largest absolute Gasteiger partial charge is 0.453 e. The molecule has 1 aromatic carbocycles. The van der Waals surface area contributed by atoms with E-state index in [1.165, 1.54) is 6.20 Å². The molecule has 6 nitrogen and oxygen atoms in total. The Morgan fingerprint density at radius 2 is 2.05 bits per heavy atom. The third kappa shape index (κ3) is 1.89. The van der Waals surface area contributed by atoms with Gasteiger partial charge in [0, 0.05) is 11.6 Å². The average Bonchev–Trinajstić information content (AvgIpc) is 2.81. The molecule has 4 N–H and O–H groups in total. The van der Waals surface area contributed by atoms with Crippen LogP contribution in [0, 0.1) is 0 Å². The van der Waals surface area contributed by atoms with Crippen molar-refractivity contribution in [2.24, 2.45) is 5.73 Å². The maximum absolute atomic E-state index is 11.0. The number of furan rings is 1. The molecular weight excluding hydrogens is 244 g/mol. The Labute approximate surface area is 108 Å². The molecular formula is C13H10N4O2. The Hall–Kier alpha value is -2.89. The van der Waals surface area contributed by atoms with Crippen molar-refractivity contribution in [2.45, 2.75) is 0 Å². The first-order valence-corrected chi connectivity index (χ1v) is 5.56. The first-order valence-electron chi connectivity index (χ1n) is 5.56. The number of primary amides is 1. The van der Waals surface area contributed by atoms with Gasteiger partial charge in [0.15, 0.2) is 11.6 Å². The molecule has 0 fully saturated rings. The fourth-order valence-electron chi connectivity index (χ4n) is 1.80. The van der Waals surface area contributed by atoms with Crippen molar-refractivity contribution in [1.82, 2.24) is 9.97 Å². The van der Waals surface area contributed by atoms with Crippen LogP contribution in [-0.4, -0.2) is 15.9 Å². The monoisotopic (exact) mass is 254 g/mol. The molecule has 0 saturated heterocycles. The van der Waals surface area contributed by atoms with Gasteiger partial charge in [-0.25, -0.2) is 9.97 Å². The molecule has 6 heteroatoms. The van der Waals surface area contributed by atoms with Crippen LogP contribution in [0.2, 0.25) is 0 Å². The van der Waals surface area contributed by atoms with E-state index in [1.807, 2.05) is 30.3 Å². The molecule has 0 unspecified atom stereocenters. The van der Waals surface area contributed by atoms with Gasteiger partial charge in [-0.15, -0.1) is 0 Å². The Morgan fingerprint density at radius 1 is 1.26 bits per heavy atom. The lowest BCUT2D eigenvalue weighted by Gasteiger charge is -2.01. The number of nitrogens with two attached hydrogens (primary N) is 2. The highest BCUT2D eigenvalue weighted by Gasteiger charge is 2.13. The number of anilines is 1. The SMILES string of the molecule is NC(=O)c1cnc(-c2cc3ccccc3o2)nc1N. The maximum Gasteiger partial charge on any atom is 0.254 e. The zero-order valence-corrected chi connectivity index (χ0v) is 9.83. The number of amides is 1. The summed E-state index contributed by atoms with van der Waals surface area (Å²) >= 11 is 0. The number of carbonyl (C=O) groups is 1. The van der Waals surface area contributed by atoms with Gasteiger partial charge in [0.25, 0.3) is 5.91 Å². The fourth-order valence-corrected chi connectivity index (χ4v) is 1.80. The molecule has 2 aromatic heterocycles. The molecule has 0 radical (unpaired) electrons. The van der Waals surface area contributed by atoms with Gasteiger partial charge in [-0.3, -0.25) is 4.79 Å². The number of rotatable bonds is 2. The number of carbonyl (C=O) groups excluding carboxylic acids is 1. The number of fused-ring (bicyclic) bond motifs is 1. The summed E-state index contributed by atoms with van der Waals surface area (Å²) in [5.74, 6) is 0.189. The minimum atomic E-state index is -0.659. The van der Waals surface area contributed by atoms with Gasteiger partial charge in [-0.2, -0.15) is 0 Å². The Bertz CT molecular complexity index is 746. The molecule has 3 aromatic rings. The number of nitrogens with zero attached hydrogens (tertiary/aromatic N) is 2. The van der Waals surface area contributed by atoms with E-state index in [4.69, 9.17) is 15.9 Å². The Balaban J connectivity index is 2.11. The molecule has 2 heterocycles. The number of nitrogen functional groups attached to an aromatic ring is 1. The summed E-state index contributed by atoms with van der Waals surface area (Å²) in [5, 5.41) is 0.943. The van der Waals surface area contributed by atoms with E-state index in [-0.39, 0.29) is 11.4 Å². The van der Waals surface area contributed by atoms with Crippen LogP contribution in [0.3, 0.4) is 0 Å². The van der Waals surface area contributed by atoms with Gasteiger partial charge in [0.2, 0.25) is 0 Å². The highest BCUT2D eigenvalue weighted by Crippen LogP contribution is 2.25. The Kier molecular flexibility index (Phi) is 2.42. The van der Waals surface area contributed by atoms with Crippen LogP contribution in [0.15, 0.2) is 40.9 Å². The van der Waals surface area contributed by atoms with Crippen LogP contribution in [-0.2, 0) is 0 Å². The van der Waals surface area contributed by atoms with E-state index in [9.17, 15) is 4.79 Å². The van der Waals surface area contributed by atoms with Crippen molar-refractivity contribution in [1.29, 1.82) is 0 Å². The van der Waals surface area contributed by atoms with E-state index in [2.05, 4.69) is 9.97 Å². The first-order chi connectivity index (χ1) is 9.15. The minimum absolute atomic E-state index is 0.0398. The lowest BCUT2D eigenvalue weighted by atomic mass is 10.2. The summed E-state index contributed by atoms with van der Waals surface area (Å²) in [6.07, 6.45) is 1.30.